The van der Waals surface area contributed by atoms with Gasteiger partial charge in [-0.3, -0.25) is 16.0 Å². The zero-order valence-corrected chi connectivity index (χ0v) is 10.9. The molecule has 1 rings (SSSR count). The van der Waals surface area contributed by atoms with E-state index in [1.54, 1.807) is 14.2 Å². The van der Waals surface area contributed by atoms with Gasteiger partial charge in [0.25, 0.3) is 0 Å². The third-order valence-electron chi connectivity index (χ3n) is 2.72. The molecular weight excluding hydrogens is 220 g/mol. The maximum atomic E-state index is 5.53. The average Bonchev–Trinajstić information content (AvgIpc) is 2.69. The molecule has 6 heteroatoms. The minimum atomic E-state index is -0.375. The summed E-state index contributed by atoms with van der Waals surface area (Å²) in [6.07, 6.45) is 0.331. The molecule has 1 heterocycles. The molecule has 0 aliphatic carbocycles. The average molecular weight is 242 g/mol. The lowest BCUT2D eigenvalue weighted by Gasteiger charge is -2.24. The van der Waals surface area contributed by atoms with Gasteiger partial charge < -0.3 is 9.47 Å². The predicted octanol–water partition coefficient (Wildman–Crippen LogP) is 0.205. The topological polar surface area (TPSA) is 74.3 Å². The summed E-state index contributed by atoms with van der Waals surface area (Å²) in [7, 11) is 3.20. The Morgan fingerprint density at radius 2 is 2.12 bits per heavy atom. The number of nitrogens with one attached hydrogen (secondary N) is 1. The number of nitrogens with zero attached hydrogens (tertiary/aromatic N) is 2. The first-order valence-corrected chi connectivity index (χ1v) is 5.71. The van der Waals surface area contributed by atoms with Crippen LogP contribution in [0.4, 0.5) is 0 Å². The molecule has 98 valence electrons. The molecule has 17 heavy (non-hydrogen) atoms. The maximum Gasteiger partial charge on any atom is 0.173 e. The predicted molar refractivity (Wildman–Crippen MR) is 65.3 cm³/mol. The van der Waals surface area contributed by atoms with E-state index in [-0.39, 0.29) is 12.3 Å². The summed E-state index contributed by atoms with van der Waals surface area (Å²) in [6.45, 7) is 4.88. The van der Waals surface area contributed by atoms with E-state index in [1.165, 1.54) is 0 Å². The molecule has 1 atom stereocenters. The number of hydrogen-bond donors (Lipinski definition) is 2. The third-order valence-corrected chi connectivity index (χ3v) is 2.72. The van der Waals surface area contributed by atoms with Crippen LogP contribution in [0.2, 0.25) is 0 Å². The summed E-state index contributed by atoms with van der Waals surface area (Å²) in [5, 5.41) is 4.39. The van der Waals surface area contributed by atoms with E-state index in [0.717, 1.165) is 17.9 Å². The van der Waals surface area contributed by atoms with Crippen molar-refractivity contribution < 1.29 is 9.47 Å². The van der Waals surface area contributed by atoms with Crippen LogP contribution >= 0.6 is 0 Å². The van der Waals surface area contributed by atoms with Crippen LogP contribution < -0.4 is 11.3 Å². The van der Waals surface area contributed by atoms with Gasteiger partial charge in [-0.15, -0.1) is 0 Å². The smallest absolute Gasteiger partial charge is 0.173 e. The van der Waals surface area contributed by atoms with Crippen molar-refractivity contribution in [3.8, 4) is 0 Å². The summed E-state index contributed by atoms with van der Waals surface area (Å²) in [4.78, 5) is 0. The van der Waals surface area contributed by atoms with Gasteiger partial charge in [-0.1, -0.05) is 0 Å². The highest BCUT2D eigenvalue weighted by molar-refractivity contribution is 5.10. The summed E-state index contributed by atoms with van der Waals surface area (Å²) in [5.41, 5.74) is 4.84. The molecule has 0 spiro atoms. The lowest BCUT2D eigenvalue weighted by molar-refractivity contribution is -0.122. The molecule has 1 unspecified atom stereocenters. The van der Waals surface area contributed by atoms with Crippen LogP contribution in [0, 0.1) is 6.92 Å². The molecule has 0 aliphatic heterocycles. The largest absolute Gasteiger partial charge is 0.354 e. The van der Waals surface area contributed by atoms with Crippen LogP contribution in [0.3, 0.4) is 0 Å². The highest BCUT2D eigenvalue weighted by Crippen LogP contribution is 2.10. The second-order valence-corrected chi connectivity index (χ2v) is 3.91. The van der Waals surface area contributed by atoms with E-state index >= 15 is 0 Å². The molecule has 0 bridgehead atoms. The molecule has 1 aromatic heterocycles. The number of nitrogens with two attached hydrogens (primary N) is 1. The highest BCUT2D eigenvalue weighted by atomic mass is 16.7. The van der Waals surface area contributed by atoms with E-state index in [9.17, 15) is 0 Å². The molecule has 0 aromatic carbocycles. The number of rotatable bonds is 7. The summed E-state index contributed by atoms with van der Waals surface area (Å²) >= 11 is 0. The number of hydrazine groups is 1. The highest BCUT2D eigenvalue weighted by Gasteiger charge is 2.21. The number of methoxy groups -OCH3 is 2. The molecule has 0 amide bonds. The molecular formula is C11H22N4O2. The van der Waals surface area contributed by atoms with E-state index < -0.39 is 0 Å². The van der Waals surface area contributed by atoms with Crippen LogP contribution in [-0.2, 0) is 22.4 Å². The van der Waals surface area contributed by atoms with Crippen LogP contribution in [0.25, 0.3) is 0 Å². The van der Waals surface area contributed by atoms with Crippen molar-refractivity contribution in [3.05, 3.63) is 17.5 Å². The molecule has 0 fully saturated rings. The van der Waals surface area contributed by atoms with E-state index in [0.29, 0.717) is 6.42 Å². The molecule has 6 nitrogen and oxygen atoms in total. The van der Waals surface area contributed by atoms with Gasteiger partial charge in [-0.25, -0.2) is 0 Å². The van der Waals surface area contributed by atoms with E-state index in [2.05, 4.69) is 23.5 Å². The maximum absolute atomic E-state index is 5.53. The van der Waals surface area contributed by atoms with Gasteiger partial charge in [0.1, 0.15) is 0 Å². The SMILES string of the molecule is CCn1nc(C)cc1CC(NN)C(OC)OC. The van der Waals surface area contributed by atoms with Crippen molar-refractivity contribution in [3.63, 3.8) is 0 Å². The fraction of sp³-hybridized carbons (Fsp3) is 0.727. The number of aromatic nitrogens is 2. The van der Waals surface area contributed by atoms with Crippen molar-refractivity contribution >= 4 is 0 Å². The number of hydrogen-bond acceptors (Lipinski definition) is 5. The fourth-order valence-corrected chi connectivity index (χ4v) is 1.92. The first-order chi connectivity index (χ1) is 8.15. The van der Waals surface area contributed by atoms with Crippen molar-refractivity contribution in [2.75, 3.05) is 14.2 Å². The van der Waals surface area contributed by atoms with Crippen LogP contribution in [-0.4, -0.2) is 36.3 Å². The minimum absolute atomic E-state index is 0.105. The summed E-state index contributed by atoms with van der Waals surface area (Å²) < 4.78 is 12.4. The minimum Gasteiger partial charge on any atom is -0.354 e. The third kappa shape index (κ3) is 3.50. The van der Waals surface area contributed by atoms with Gasteiger partial charge in [0.2, 0.25) is 0 Å². The van der Waals surface area contributed by atoms with Crippen molar-refractivity contribution in [1.29, 1.82) is 0 Å². The van der Waals surface area contributed by atoms with E-state index in [1.807, 2.05) is 11.6 Å². The number of ether oxygens (including phenoxy) is 2. The van der Waals surface area contributed by atoms with Crippen molar-refractivity contribution in [2.45, 2.75) is 39.1 Å². The standard InChI is InChI=1S/C11H22N4O2/c1-5-15-9(6-8(2)14-15)7-10(13-12)11(16-3)17-4/h6,10-11,13H,5,7,12H2,1-4H3. The molecule has 0 aliphatic rings. The lowest BCUT2D eigenvalue weighted by Crippen LogP contribution is -2.47. The van der Waals surface area contributed by atoms with Crippen LogP contribution in [0.1, 0.15) is 18.3 Å². The van der Waals surface area contributed by atoms with Crippen molar-refractivity contribution in [1.82, 2.24) is 15.2 Å². The molecule has 0 saturated heterocycles. The lowest BCUT2D eigenvalue weighted by atomic mass is 10.1. The van der Waals surface area contributed by atoms with Crippen LogP contribution in [0.15, 0.2) is 6.07 Å². The van der Waals surface area contributed by atoms with Gasteiger partial charge >= 0.3 is 0 Å². The van der Waals surface area contributed by atoms with Gasteiger partial charge in [-0.2, -0.15) is 5.10 Å². The van der Waals surface area contributed by atoms with E-state index in [4.69, 9.17) is 15.3 Å². The van der Waals surface area contributed by atoms with Crippen molar-refractivity contribution in [2.24, 2.45) is 5.84 Å². The first-order valence-electron chi connectivity index (χ1n) is 5.71. The quantitative estimate of drug-likeness (QED) is 0.406. The Balaban J connectivity index is 2.79. The number of aryl methyl sites for hydroxylation is 2. The zero-order valence-electron chi connectivity index (χ0n) is 10.9. The van der Waals surface area contributed by atoms with Gasteiger partial charge in [-0.05, 0) is 19.9 Å². The molecule has 1 aromatic rings. The molecule has 3 N–H and O–H groups in total. The van der Waals surface area contributed by atoms with Gasteiger partial charge in [0.15, 0.2) is 6.29 Å². The Morgan fingerprint density at radius 1 is 1.47 bits per heavy atom. The Kier molecular flexibility index (Phi) is 5.57. The van der Waals surface area contributed by atoms with Crippen LogP contribution in [0.5, 0.6) is 0 Å². The monoisotopic (exact) mass is 242 g/mol. The summed E-state index contributed by atoms with van der Waals surface area (Å²) in [5.74, 6) is 5.53. The first kappa shape index (κ1) is 14.1. The molecule has 0 radical (unpaired) electrons. The van der Waals surface area contributed by atoms with Gasteiger partial charge in [0, 0.05) is 32.9 Å². The van der Waals surface area contributed by atoms with Gasteiger partial charge in [0.05, 0.1) is 11.7 Å². The molecule has 0 saturated carbocycles. The Bertz CT molecular complexity index is 336. The Hall–Kier alpha value is -0.950. The normalized spacial score (nSPS) is 13.3. The Morgan fingerprint density at radius 3 is 2.59 bits per heavy atom. The second kappa shape index (κ2) is 6.70. The second-order valence-electron chi connectivity index (χ2n) is 3.91. The summed E-state index contributed by atoms with van der Waals surface area (Å²) in [6, 6.07) is 1.95. The Labute approximate surface area is 102 Å². The fourth-order valence-electron chi connectivity index (χ4n) is 1.92. The zero-order chi connectivity index (χ0) is 12.8.